The van der Waals surface area contributed by atoms with Crippen molar-refractivity contribution < 1.29 is 26.4 Å². The van der Waals surface area contributed by atoms with Crippen LogP contribution in [0.15, 0.2) is 39.9 Å². The Bertz CT molecular complexity index is 1100. The Morgan fingerprint density at radius 2 is 1.78 bits per heavy atom. The quantitative estimate of drug-likeness (QED) is 0.626. The first kappa shape index (κ1) is 23.3. The van der Waals surface area contributed by atoms with Gasteiger partial charge in [-0.05, 0) is 48.3 Å². The molecule has 1 spiro atoms. The van der Waals surface area contributed by atoms with E-state index < -0.39 is 33.5 Å². The number of anilines is 1. The van der Waals surface area contributed by atoms with E-state index in [-0.39, 0.29) is 10.4 Å². The number of para-hydroxylation sites is 1. The van der Waals surface area contributed by atoms with Gasteiger partial charge in [-0.3, -0.25) is 0 Å². The van der Waals surface area contributed by atoms with Crippen LogP contribution in [-0.4, -0.2) is 49.8 Å². The number of rotatable bonds is 3. The highest BCUT2D eigenvalue weighted by Crippen LogP contribution is 2.43. The second-order valence-corrected chi connectivity index (χ2v) is 11.6. The Morgan fingerprint density at radius 3 is 2.41 bits per heavy atom. The van der Waals surface area contributed by atoms with E-state index in [1.54, 1.807) is 17.5 Å². The minimum Gasteiger partial charge on any atom is -0.324 e. The summed E-state index contributed by atoms with van der Waals surface area (Å²) >= 11 is 7.11. The summed E-state index contributed by atoms with van der Waals surface area (Å²) in [6, 6.07) is 5.98. The lowest BCUT2D eigenvalue weighted by atomic mass is 9.78. The summed E-state index contributed by atoms with van der Waals surface area (Å²) in [7, 11) is -3.52. The molecule has 0 saturated carbocycles. The van der Waals surface area contributed by atoms with Crippen LogP contribution in [0, 0.1) is 5.41 Å². The molecule has 2 aliphatic rings. The third-order valence-corrected chi connectivity index (χ3v) is 9.74. The van der Waals surface area contributed by atoms with Crippen LogP contribution in [0.1, 0.15) is 24.8 Å². The SMILES string of the molecule is O=C(Nc1c(Cl)cccc1C(F)(F)F)N1CCC2(CCN(S(=O)(=O)c3cccs3)CC2)C1. The average molecular weight is 508 g/mol. The maximum absolute atomic E-state index is 13.3. The van der Waals surface area contributed by atoms with E-state index in [2.05, 4.69) is 5.32 Å². The lowest BCUT2D eigenvalue weighted by molar-refractivity contribution is -0.136. The fourth-order valence-corrected chi connectivity index (χ4v) is 7.14. The highest BCUT2D eigenvalue weighted by molar-refractivity contribution is 7.91. The molecule has 2 aromatic rings. The lowest BCUT2D eigenvalue weighted by Gasteiger charge is -2.38. The number of thiophene rings is 1. The number of benzene rings is 1. The molecule has 2 aliphatic heterocycles. The van der Waals surface area contributed by atoms with Gasteiger partial charge < -0.3 is 10.2 Å². The first-order valence-corrected chi connectivity index (χ1v) is 12.7. The monoisotopic (exact) mass is 507 g/mol. The summed E-state index contributed by atoms with van der Waals surface area (Å²) in [5.41, 5.74) is -1.70. The summed E-state index contributed by atoms with van der Waals surface area (Å²) in [4.78, 5) is 14.2. The van der Waals surface area contributed by atoms with E-state index in [1.165, 1.54) is 32.7 Å². The van der Waals surface area contributed by atoms with Gasteiger partial charge in [-0.15, -0.1) is 11.3 Å². The van der Waals surface area contributed by atoms with Crippen molar-refractivity contribution in [3.63, 3.8) is 0 Å². The first-order chi connectivity index (χ1) is 15.0. The highest BCUT2D eigenvalue weighted by Gasteiger charge is 2.44. The van der Waals surface area contributed by atoms with Crippen molar-refractivity contribution in [3.05, 3.63) is 46.3 Å². The minimum atomic E-state index is -4.65. The molecular formula is C20H21ClF3N3O3S2. The summed E-state index contributed by atoms with van der Waals surface area (Å²) in [5.74, 6) is 0. The molecule has 4 rings (SSSR count). The molecule has 12 heteroatoms. The predicted molar refractivity (Wildman–Crippen MR) is 116 cm³/mol. The molecule has 2 fully saturated rings. The van der Waals surface area contributed by atoms with Crippen LogP contribution in [0.4, 0.5) is 23.7 Å². The number of nitrogens with one attached hydrogen (secondary N) is 1. The standard InChI is InChI=1S/C20H21ClF3N3O3S2/c21-15-4-1-3-14(20(22,23)24)17(15)25-18(28)26-9-6-19(13-26)7-10-27(11-8-19)32(29,30)16-5-2-12-31-16/h1-5,12H,6-11,13H2,(H,25,28). The zero-order valence-corrected chi connectivity index (χ0v) is 19.3. The Labute approximate surface area is 193 Å². The molecule has 32 heavy (non-hydrogen) atoms. The van der Waals surface area contributed by atoms with Crippen molar-refractivity contribution in [2.24, 2.45) is 5.41 Å². The number of nitrogens with zero attached hydrogens (tertiary/aromatic N) is 2. The van der Waals surface area contributed by atoms with Crippen molar-refractivity contribution in [3.8, 4) is 0 Å². The largest absolute Gasteiger partial charge is 0.418 e. The third kappa shape index (κ3) is 4.48. The van der Waals surface area contributed by atoms with E-state index in [4.69, 9.17) is 11.6 Å². The number of carbonyl (C=O) groups is 1. The van der Waals surface area contributed by atoms with Crippen LogP contribution < -0.4 is 5.32 Å². The highest BCUT2D eigenvalue weighted by atomic mass is 35.5. The number of amides is 2. The van der Waals surface area contributed by atoms with Crippen LogP contribution in [0.2, 0.25) is 5.02 Å². The van der Waals surface area contributed by atoms with Gasteiger partial charge in [-0.25, -0.2) is 13.2 Å². The van der Waals surface area contributed by atoms with E-state index in [0.717, 1.165) is 6.07 Å². The normalized spacial score (nSPS) is 19.4. The number of alkyl halides is 3. The van der Waals surface area contributed by atoms with Gasteiger partial charge in [0.25, 0.3) is 10.0 Å². The topological polar surface area (TPSA) is 69.7 Å². The lowest BCUT2D eigenvalue weighted by Crippen LogP contribution is -2.44. The molecule has 3 heterocycles. The molecular weight excluding hydrogens is 487 g/mol. The molecule has 1 aromatic heterocycles. The molecule has 0 radical (unpaired) electrons. The molecule has 0 unspecified atom stereocenters. The summed E-state index contributed by atoms with van der Waals surface area (Å²) in [5, 5.41) is 3.86. The fourth-order valence-electron chi connectivity index (χ4n) is 4.33. The van der Waals surface area contributed by atoms with Gasteiger partial charge in [-0.2, -0.15) is 17.5 Å². The Balaban J connectivity index is 1.41. The average Bonchev–Trinajstić information content (AvgIpc) is 3.40. The van der Waals surface area contributed by atoms with Gasteiger partial charge in [0.2, 0.25) is 0 Å². The Hall–Kier alpha value is -1.82. The van der Waals surface area contributed by atoms with Crippen LogP contribution in [0.5, 0.6) is 0 Å². The third-order valence-electron chi connectivity index (χ3n) is 6.15. The molecule has 1 aromatic carbocycles. The van der Waals surface area contributed by atoms with Crippen LogP contribution >= 0.6 is 22.9 Å². The van der Waals surface area contributed by atoms with Gasteiger partial charge in [0.05, 0.1) is 16.3 Å². The van der Waals surface area contributed by atoms with E-state index in [1.807, 2.05) is 0 Å². The van der Waals surface area contributed by atoms with Gasteiger partial charge >= 0.3 is 12.2 Å². The second-order valence-electron chi connectivity index (χ2n) is 8.10. The number of carbonyl (C=O) groups excluding carboxylic acids is 1. The molecule has 6 nitrogen and oxygen atoms in total. The maximum atomic E-state index is 13.3. The minimum absolute atomic E-state index is 0.186. The van der Waals surface area contributed by atoms with Gasteiger partial charge in [0.1, 0.15) is 4.21 Å². The summed E-state index contributed by atoms with van der Waals surface area (Å²) in [6.45, 7) is 1.43. The van der Waals surface area contributed by atoms with Crippen molar-refractivity contribution >= 4 is 44.7 Å². The van der Waals surface area contributed by atoms with Crippen molar-refractivity contribution in [1.29, 1.82) is 0 Å². The fraction of sp³-hybridized carbons (Fsp3) is 0.450. The zero-order valence-electron chi connectivity index (χ0n) is 16.9. The number of sulfonamides is 1. The number of halogens is 4. The van der Waals surface area contributed by atoms with Gasteiger partial charge in [0, 0.05) is 26.2 Å². The van der Waals surface area contributed by atoms with Crippen LogP contribution in [-0.2, 0) is 16.2 Å². The van der Waals surface area contributed by atoms with E-state index >= 15 is 0 Å². The molecule has 174 valence electrons. The molecule has 0 bridgehead atoms. The Morgan fingerprint density at radius 1 is 1.09 bits per heavy atom. The number of hydrogen-bond donors (Lipinski definition) is 1. The van der Waals surface area contributed by atoms with Crippen molar-refractivity contribution in [2.75, 3.05) is 31.5 Å². The maximum Gasteiger partial charge on any atom is 0.418 e. The molecule has 0 atom stereocenters. The molecule has 2 amide bonds. The van der Waals surface area contributed by atoms with Crippen molar-refractivity contribution in [1.82, 2.24) is 9.21 Å². The smallest absolute Gasteiger partial charge is 0.324 e. The molecule has 2 saturated heterocycles. The zero-order chi connectivity index (χ0) is 23.1. The number of urea groups is 1. The van der Waals surface area contributed by atoms with E-state index in [0.29, 0.717) is 49.7 Å². The Kier molecular flexibility index (Phi) is 6.21. The summed E-state index contributed by atoms with van der Waals surface area (Å²) in [6.07, 6.45) is -2.81. The number of likely N-dealkylation sites (tertiary alicyclic amines) is 1. The molecule has 0 aliphatic carbocycles. The van der Waals surface area contributed by atoms with E-state index in [9.17, 15) is 26.4 Å². The van der Waals surface area contributed by atoms with Crippen molar-refractivity contribution in [2.45, 2.75) is 29.6 Å². The number of hydrogen-bond acceptors (Lipinski definition) is 4. The van der Waals surface area contributed by atoms with Crippen LogP contribution in [0.3, 0.4) is 0 Å². The van der Waals surface area contributed by atoms with Gasteiger partial charge in [-0.1, -0.05) is 23.7 Å². The van der Waals surface area contributed by atoms with Crippen LogP contribution in [0.25, 0.3) is 0 Å². The first-order valence-electron chi connectivity index (χ1n) is 9.97. The number of piperidine rings is 1. The predicted octanol–water partition coefficient (Wildman–Crippen LogP) is 5.13. The molecule has 1 N–H and O–H groups in total. The second kappa shape index (κ2) is 8.51. The van der Waals surface area contributed by atoms with Gasteiger partial charge in [0.15, 0.2) is 0 Å². The summed E-state index contributed by atoms with van der Waals surface area (Å²) < 4.78 is 67.1.